The number of benzene rings is 3. The number of hydrogen-bond acceptors (Lipinski definition) is 3. The molecule has 0 aromatic heterocycles. The summed E-state index contributed by atoms with van der Waals surface area (Å²) in [6.07, 6.45) is -1.33. The monoisotopic (exact) mass is 362 g/mol. The molecule has 1 atom stereocenters. The molecule has 1 N–H and O–H groups in total. The minimum absolute atomic E-state index is 0.319. The maximum Gasteiger partial charge on any atom is 0.511 e. The molecule has 0 spiro atoms. The van der Waals surface area contributed by atoms with Crippen LogP contribution in [-0.2, 0) is 16.8 Å². The SMILES string of the molecule is CC(COCc1ccccc1)(c1ccccc1)c1ccccc1OC(=O)O. The van der Waals surface area contributed by atoms with E-state index in [9.17, 15) is 4.79 Å². The lowest BCUT2D eigenvalue weighted by Crippen LogP contribution is -2.30. The first kappa shape index (κ1) is 18.7. The Kier molecular flexibility index (Phi) is 5.89. The second-order valence-corrected chi connectivity index (χ2v) is 6.54. The fourth-order valence-electron chi connectivity index (χ4n) is 3.18. The van der Waals surface area contributed by atoms with Crippen molar-refractivity contribution < 1.29 is 19.4 Å². The average Bonchev–Trinajstić information content (AvgIpc) is 2.69. The molecule has 0 saturated carbocycles. The average molecular weight is 362 g/mol. The van der Waals surface area contributed by atoms with Gasteiger partial charge in [0.2, 0.25) is 0 Å². The first-order chi connectivity index (χ1) is 13.1. The van der Waals surface area contributed by atoms with Crippen LogP contribution in [0.2, 0.25) is 0 Å². The molecule has 3 aromatic rings. The molecule has 0 bridgehead atoms. The minimum atomic E-state index is -1.33. The largest absolute Gasteiger partial charge is 0.511 e. The van der Waals surface area contributed by atoms with Crippen LogP contribution in [0, 0.1) is 0 Å². The summed E-state index contributed by atoms with van der Waals surface area (Å²) in [4.78, 5) is 11.1. The third kappa shape index (κ3) is 4.54. The van der Waals surface area contributed by atoms with Crippen molar-refractivity contribution in [3.63, 3.8) is 0 Å². The predicted octanol–water partition coefficient (Wildman–Crippen LogP) is 5.27. The Bertz CT molecular complexity index is 877. The number of ether oxygens (including phenoxy) is 2. The van der Waals surface area contributed by atoms with Crippen molar-refractivity contribution in [3.8, 4) is 5.75 Å². The van der Waals surface area contributed by atoms with E-state index in [1.54, 1.807) is 12.1 Å². The zero-order valence-corrected chi connectivity index (χ0v) is 15.2. The highest BCUT2D eigenvalue weighted by Gasteiger charge is 2.32. The zero-order chi connectivity index (χ0) is 19.1. The summed E-state index contributed by atoms with van der Waals surface area (Å²) in [5.41, 5.74) is 2.32. The molecular formula is C23H22O4. The van der Waals surface area contributed by atoms with Crippen molar-refractivity contribution in [2.45, 2.75) is 18.9 Å². The first-order valence-electron chi connectivity index (χ1n) is 8.77. The van der Waals surface area contributed by atoms with Crippen LogP contribution in [-0.4, -0.2) is 17.9 Å². The summed E-state index contributed by atoms with van der Waals surface area (Å²) in [5, 5.41) is 9.10. The molecule has 0 fully saturated rings. The van der Waals surface area contributed by atoms with E-state index < -0.39 is 11.6 Å². The molecule has 3 aromatic carbocycles. The highest BCUT2D eigenvalue weighted by Crippen LogP contribution is 2.38. The summed E-state index contributed by atoms with van der Waals surface area (Å²) in [6, 6.07) is 27.1. The summed E-state index contributed by atoms with van der Waals surface area (Å²) in [6.45, 7) is 2.90. The lowest BCUT2D eigenvalue weighted by atomic mass is 9.76. The Labute approximate surface area is 159 Å². The summed E-state index contributed by atoms with van der Waals surface area (Å²) in [5.74, 6) is 0.319. The van der Waals surface area contributed by atoms with E-state index in [0.29, 0.717) is 19.0 Å². The standard InChI is InChI=1S/C23H22O4/c1-23(19-12-6-3-7-13-19,17-26-16-18-10-4-2-5-11-18)20-14-8-9-15-21(20)27-22(24)25/h2-15H,16-17H2,1H3,(H,24,25). The van der Waals surface area contributed by atoms with E-state index in [2.05, 4.69) is 0 Å². The quantitative estimate of drug-likeness (QED) is 0.460. The normalized spacial score (nSPS) is 12.9. The lowest BCUT2D eigenvalue weighted by Gasteiger charge is -2.32. The second-order valence-electron chi connectivity index (χ2n) is 6.54. The molecule has 27 heavy (non-hydrogen) atoms. The zero-order valence-electron chi connectivity index (χ0n) is 15.2. The van der Waals surface area contributed by atoms with Gasteiger partial charge in [-0.3, -0.25) is 0 Å². The lowest BCUT2D eigenvalue weighted by molar-refractivity contribution is 0.0875. The first-order valence-corrected chi connectivity index (χ1v) is 8.77. The van der Waals surface area contributed by atoms with Crippen LogP contribution in [0.3, 0.4) is 0 Å². The summed E-state index contributed by atoms with van der Waals surface area (Å²) >= 11 is 0. The fourth-order valence-corrected chi connectivity index (χ4v) is 3.18. The Balaban J connectivity index is 1.93. The molecule has 0 aliphatic rings. The highest BCUT2D eigenvalue weighted by atomic mass is 16.7. The molecule has 1 unspecified atom stereocenters. The van der Waals surface area contributed by atoms with Gasteiger partial charge in [-0.25, -0.2) is 4.79 Å². The van der Waals surface area contributed by atoms with Crippen molar-refractivity contribution in [1.29, 1.82) is 0 Å². The van der Waals surface area contributed by atoms with Crippen molar-refractivity contribution in [1.82, 2.24) is 0 Å². The van der Waals surface area contributed by atoms with E-state index in [0.717, 1.165) is 16.7 Å². The number of rotatable bonds is 7. The highest BCUT2D eigenvalue weighted by molar-refractivity contribution is 5.63. The topological polar surface area (TPSA) is 55.8 Å². The van der Waals surface area contributed by atoms with Gasteiger partial charge < -0.3 is 14.6 Å². The van der Waals surface area contributed by atoms with Gasteiger partial charge in [0.1, 0.15) is 5.75 Å². The van der Waals surface area contributed by atoms with Gasteiger partial charge in [0.05, 0.1) is 13.2 Å². The molecule has 0 aliphatic heterocycles. The van der Waals surface area contributed by atoms with Gasteiger partial charge in [-0.15, -0.1) is 0 Å². The van der Waals surface area contributed by atoms with Gasteiger partial charge in [0.25, 0.3) is 0 Å². The molecule has 0 saturated heterocycles. The number of hydrogen-bond donors (Lipinski definition) is 1. The Morgan fingerprint density at radius 1 is 0.889 bits per heavy atom. The number of carbonyl (C=O) groups is 1. The molecule has 4 heteroatoms. The third-order valence-electron chi connectivity index (χ3n) is 4.59. The second kappa shape index (κ2) is 8.52. The summed E-state index contributed by atoms with van der Waals surface area (Å²) < 4.78 is 11.1. The Morgan fingerprint density at radius 3 is 2.15 bits per heavy atom. The molecule has 0 heterocycles. The third-order valence-corrected chi connectivity index (χ3v) is 4.59. The molecule has 0 aliphatic carbocycles. The van der Waals surface area contributed by atoms with Crippen molar-refractivity contribution in [2.75, 3.05) is 6.61 Å². The van der Waals surface area contributed by atoms with Gasteiger partial charge in [-0.1, -0.05) is 78.9 Å². The Hall–Kier alpha value is -3.11. The van der Waals surface area contributed by atoms with E-state index in [1.165, 1.54) is 0 Å². The van der Waals surface area contributed by atoms with Gasteiger partial charge >= 0.3 is 6.16 Å². The van der Waals surface area contributed by atoms with Crippen molar-refractivity contribution in [3.05, 3.63) is 102 Å². The van der Waals surface area contributed by atoms with E-state index in [1.807, 2.05) is 79.7 Å². The molecule has 0 radical (unpaired) electrons. The number of para-hydroxylation sites is 1. The molecular weight excluding hydrogens is 340 g/mol. The van der Waals surface area contributed by atoms with Crippen LogP contribution < -0.4 is 4.74 Å². The van der Waals surface area contributed by atoms with Gasteiger partial charge in [-0.2, -0.15) is 0 Å². The van der Waals surface area contributed by atoms with Crippen LogP contribution in [0.15, 0.2) is 84.9 Å². The molecule has 3 rings (SSSR count). The van der Waals surface area contributed by atoms with Gasteiger partial charge in [0.15, 0.2) is 0 Å². The van der Waals surface area contributed by atoms with E-state index >= 15 is 0 Å². The Morgan fingerprint density at radius 2 is 1.48 bits per heavy atom. The van der Waals surface area contributed by atoms with Gasteiger partial charge in [-0.05, 0) is 24.1 Å². The number of carboxylic acid groups (broad SMARTS) is 1. The van der Waals surface area contributed by atoms with Crippen LogP contribution in [0.1, 0.15) is 23.6 Å². The summed E-state index contributed by atoms with van der Waals surface area (Å²) in [7, 11) is 0. The van der Waals surface area contributed by atoms with Crippen molar-refractivity contribution >= 4 is 6.16 Å². The van der Waals surface area contributed by atoms with Crippen LogP contribution in [0.4, 0.5) is 4.79 Å². The van der Waals surface area contributed by atoms with Gasteiger partial charge in [0, 0.05) is 11.0 Å². The van der Waals surface area contributed by atoms with E-state index in [4.69, 9.17) is 14.6 Å². The fraction of sp³-hybridized carbons (Fsp3) is 0.174. The maximum absolute atomic E-state index is 11.1. The van der Waals surface area contributed by atoms with Crippen LogP contribution in [0.25, 0.3) is 0 Å². The minimum Gasteiger partial charge on any atom is -0.449 e. The maximum atomic E-state index is 11.1. The smallest absolute Gasteiger partial charge is 0.449 e. The predicted molar refractivity (Wildman–Crippen MR) is 104 cm³/mol. The van der Waals surface area contributed by atoms with Crippen LogP contribution in [0.5, 0.6) is 5.75 Å². The van der Waals surface area contributed by atoms with Crippen LogP contribution >= 0.6 is 0 Å². The van der Waals surface area contributed by atoms with Crippen molar-refractivity contribution in [2.24, 2.45) is 0 Å². The molecule has 0 amide bonds. The molecule has 138 valence electrons. The van der Waals surface area contributed by atoms with E-state index in [-0.39, 0.29) is 0 Å². The molecule has 4 nitrogen and oxygen atoms in total.